The lowest BCUT2D eigenvalue weighted by molar-refractivity contribution is -0.384. The van der Waals surface area contributed by atoms with Gasteiger partial charge in [-0.25, -0.2) is 4.68 Å². The summed E-state index contributed by atoms with van der Waals surface area (Å²) in [6, 6.07) is 0.934. The van der Waals surface area contributed by atoms with Crippen LogP contribution in [0.1, 0.15) is 11.1 Å². The predicted octanol–water partition coefficient (Wildman–Crippen LogP) is 3.82. The molecule has 2 aromatic rings. The maximum Gasteiger partial charge on any atom is 0.418 e. The van der Waals surface area contributed by atoms with E-state index in [0.29, 0.717) is 29.2 Å². The van der Waals surface area contributed by atoms with E-state index in [1.165, 1.54) is 0 Å². The standard InChI is InChI=1S/C11H5F6N3O2/c12-10(13,14)6-1-2-9(8(3-6)11(15,16)17)19-5-7(4-18-19)20(21)22/h1-5H. The Labute approximate surface area is 117 Å². The van der Waals surface area contributed by atoms with E-state index >= 15 is 0 Å². The van der Waals surface area contributed by atoms with Crippen LogP contribution in [-0.4, -0.2) is 14.7 Å². The van der Waals surface area contributed by atoms with E-state index in [2.05, 4.69) is 5.10 Å². The largest absolute Gasteiger partial charge is 0.418 e. The van der Waals surface area contributed by atoms with Crippen molar-refractivity contribution in [2.75, 3.05) is 0 Å². The summed E-state index contributed by atoms with van der Waals surface area (Å²) in [6.07, 6.45) is -8.67. The molecule has 0 fully saturated rings. The molecule has 22 heavy (non-hydrogen) atoms. The number of nitrogens with zero attached hydrogens (tertiary/aromatic N) is 3. The van der Waals surface area contributed by atoms with Gasteiger partial charge in [0, 0.05) is 0 Å². The van der Waals surface area contributed by atoms with Crippen molar-refractivity contribution in [1.82, 2.24) is 9.78 Å². The summed E-state index contributed by atoms with van der Waals surface area (Å²) >= 11 is 0. The van der Waals surface area contributed by atoms with Gasteiger partial charge >= 0.3 is 18.0 Å². The lowest BCUT2D eigenvalue weighted by Gasteiger charge is -2.15. The average Bonchev–Trinajstić information content (AvgIpc) is 2.85. The van der Waals surface area contributed by atoms with Crippen LogP contribution in [0, 0.1) is 10.1 Å². The second kappa shape index (κ2) is 5.00. The SMILES string of the molecule is O=[N+]([O-])c1cnn(-c2ccc(C(F)(F)F)cc2C(F)(F)F)c1. The zero-order chi connectivity index (χ0) is 16.7. The molecule has 0 bridgehead atoms. The first kappa shape index (κ1) is 15.8. The summed E-state index contributed by atoms with van der Waals surface area (Å²) in [7, 11) is 0. The van der Waals surface area contributed by atoms with Crippen LogP contribution in [-0.2, 0) is 12.4 Å². The molecule has 118 valence electrons. The Bertz CT molecular complexity index is 719. The fourth-order valence-electron chi connectivity index (χ4n) is 1.68. The van der Waals surface area contributed by atoms with Gasteiger partial charge in [0.15, 0.2) is 0 Å². The Morgan fingerprint density at radius 2 is 1.73 bits per heavy atom. The fourth-order valence-corrected chi connectivity index (χ4v) is 1.68. The molecule has 1 heterocycles. The van der Waals surface area contributed by atoms with Crippen molar-refractivity contribution in [3.63, 3.8) is 0 Å². The highest BCUT2D eigenvalue weighted by Gasteiger charge is 2.38. The quantitative estimate of drug-likeness (QED) is 0.479. The van der Waals surface area contributed by atoms with Crippen molar-refractivity contribution in [3.05, 3.63) is 51.8 Å². The van der Waals surface area contributed by atoms with Gasteiger partial charge in [-0.1, -0.05) is 0 Å². The lowest BCUT2D eigenvalue weighted by Crippen LogP contribution is -2.14. The monoisotopic (exact) mass is 325 g/mol. The van der Waals surface area contributed by atoms with Gasteiger partial charge in [0.25, 0.3) is 0 Å². The Morgan fingerprint density at radius 3 is 2.18 bits per heavy atom. The van der Waals surface area contributed by atoms with Crippen LogP contribution < -0.4 is 0 Å². The van der Waals surface area contributed by atoms with Crippen molar-refractivity contribution >= 4 is 5.69 Å². The predicted molar refractivity (Wildman–Crippen MR) is 60.2 cm³/mol. The van der Waals surface area contributed by atoms with Gasteiger partial charge in [-0.3, -0.25) is 10.1 Å². The van der Waals surface area contributed by atoms with E-state index in [1.807, 2.05) is 0 Å². The molecule has 0 N–H and O–H groups in total. The van der Waals surface area contributed by atoms with Crippen LogP contribution in [0.15, 0.2) is 30.6 Å². The molecule has 0 atom stereocenters. The van der Waals surface area contributed by atoms with Gasteiger partial charge in [0.1, 0.15) is 12.4 Å². The number of halogens is 6. The van der Waals surface area contributed by atoms with Crippen molar-refractivity contribution in [2.24, 2.45) is 0 Å². The first-order valence-corrected chi connectivity index (χ1v) is 5.48. The summed E-state index contributed by atoms with van der Waals surface area (Å²) in [5.41, 5.74) is -4.41. The molecule has 0 aliphatic rings. The molecule has 2 rings (SSSR count). The molecule has 0 saturated heterocycles. The van der Waals surface area contributed by atoms with Gasteiger partial charge in [-0.05, 0) is 18.2 Å². The zero-order valence-corrected chi connectivity index (χ0v) is 10.3. The number of hydrogen-bond donors (Lipinski definition) is 0. The van der Waals surface area contributed by atoms with Crippen LogP contribution in [0.5, 0.6) is 0 Å². The molecular formula is C11H5F6N3O2. The topological polar surface area (TPSA) is 61.0 Å². The molecule has 0 unspecified atom stereocenters. The summed E-state index contributed by atoms with van der Waals surface area (Å²) in [5.74, 6) is 0. The van der Waals surface area contributed by atoms with Gasteiger partial charge in [0.05, 0.1) is 21.7 Å². The second-order valence-electron chi connectivity index (χ2n) is 4.13. The highest BCUT2D eigenvalue weighted by molar-refractivity contribution is 5.46. The van der Waals surface area contributed by atoms with Gasteiger partial charge in [-0.15, -0.1) is 0 Å². The Balaban J connectivity index is 2.62. The summed E-state index contributed by atoms with van der Waals surface area (Å²) in [5, 5.41) is 13.9. The Morgan fingerprint density at radius 1 is 1.09 bits per heavy atom. The lowest BCUT2D eigenvalue weighted by atomic mass is 10.1. The highest BCUT2D eigenvalue weighted by Crippen LogP contribution is 2.38. The third-order valence-corrected chi connectivity index (χ3v) is 2.66. The van der Waals surface area contributed by atoms with Crippen LogP contribution in [0.3, 0.4) is 0 Å². The summed E-state index contributed by atoms with van der Waals surface area (Å²) in [6.45, 7) is 0. The highest BCUT2D eigenvalue weighted by atomic mass is 19.4. The molecular weight excluding hydrogens is 320 g/mol. The molecule has 0 saturated carbocycles. The smallest absolute Gasteiger partial charge is 0.258 e. The molecule has 0 aliphatic carbocycles. The van der Waals surface area contributed by atoms with E-state index in [-0.39, 0.29) is 6.07 Å². The minimum atomic E-state index is -5.09. The average molecular weight is 325 g/mol. The zero-order valence-electron chi connectivity index (χ0n) is 10.3. The van der Waals surface area contributed by atoms with Gasteiger partial charge in [0.2, 0.25) is 0 Å². The van der Waals surface area contributed by atoms with Gasteiger partial charge < -0.3 is 0 Å². The maximum atomic E-state index is 12.9. The number of aromatic nitrogens is 2. The fraction of sp³-hybridized carbons (Fsp3) is 0.182. The minimum Gasteiger partial charge on any atom is -0.258 e. The van der Waals surface area contributed by atoms with E-state index in [1.54, 1.807) is 0 Å². The molecule has 11 heteroatoms. The van der Waals surface area contributed by atoms with E-state index in [4.69, 9.17) is 0 Å². The Kier molecular flexibility index (Phi) is 3.59. The number of benzene rings is 1. The summed E-state index contributed by atoms with van der Waals surface area (Å²) in [4.78, 5) is 9.61. The first-order chi connectivity index (χ1) is 10.00. The molecule has 1 aromatic heterocycles. The minimum absolute atomic E-state index is 0.0666. The van der Waals surface area contributed by atoms with Crippen molar-refractivity contribution < 1.29 is 31.3 Å². The molecule has 0 radical (unpaired) electrons. The van der Waals surface area contributed by atoms with Crippen LogP contribution in [0.25, 0.3) is 5.69 Å². The van der Waals surface area contributed by atoms with Crippen LogP contribution in [0.2, 0.25) is 0 Å². The van der Waals surface area contributed by atoms with Crippen molar-refractivity contribution in [1.29, 1.82) is 0 Å². The van der Waals surface area contributed by atoms with Crippen molar-refractivity contribution in [3.8, 4) is 5.69 Å². The van der Waals surface area contributed by atoms with Crippen LogP contribution in [0.4, 0.5) is 32.0 Å². The van der Waals surface area contributed by atoms with E-state index in [9.17, 15) is 36.5 Å². The number of alkyl halides is 6. The Hall–Kier alpha value is -2.59. The van der Waals surface area contributed by atoms with E-state index < -0.39 is 39.8 Å². The number of rotatable bonds is 2. The second-order valence-corrected chi connectivity index (χ2v) is 4.13. The third kappa shape index (κ3) is 3.02. The molecule has 0 aliphatic heterocycles. The normalized spacial score (nSPS) is 12.5. The number of hydrogen-bond acceptors (Lipinski definition) is 3. The van der Waals surface area contributed by atoms with Crippen LogP contribution >= 0.6 is 0 Å². The van der Waals surface area contributed by atoms with E-state index in [0.717, 1.165) is 0 Å². The first-order valence-electron chi connectivity index (χ1n) is 5.48. The van der Waals surface area contributed by atoms with Crippen molar-refractivity contribution in [2.45, 2.75) is 12.4 Å². The molecule has 0 spiro atoms. The summed E-state index contributed by atoms with van der Waals surface area (Å²) < 4.78 is 76.8. The molecule has 0 amide bonds. The maximum absolute atomic E-state index is 12.9. The molecule has 1 aromatic carbocycles. The molecule has 5 nitrogen and oxygen atoms in total. The third-order valence-electron chi connectivity index (χ3n) is 2.66. The number of nitro groups is 1. The van der Waals surface area contributed by atoms with Gasteiger partial charge in [-0.2, -0.15) is 31.4 Å².